The molecule has 1 heteroatoms. The van der Waals surface area contributed by atoms with Crippen molar-refractivity contribution in [1.82, 2.24) is 0 Å². The highest BCUT2D eigenvalue weighted by atomic mass is 16.5. The van der Waals surface area contributed by atoms with Gasteiger partial charge in [0.1, 0.15) is 11.5 Å². The van der Waals surface area contributed by atoms with Crippen LogP contribution in [-0.2, 0) is 0 Å². The van der Waals surface area contributed by atoms with Crippen LogP contribution in [0.15, 0.2) is 145 Å². The second kappa shape index (κ2) is 8.44. The third-order valence-electron chi connectivity index (χ3n) is 7.45. The van der Waals surface area contributed by atoms with Gasteiger partial charge in [-0.1, -0.05) is 121 Å². The molecule has 0 bridgehead atoms. The second-order valence-corrected chi connectivity index (χ2v) is 9.76. The molecule has 0 unspecified atom stereocenters. The summed E-state index contributed by atoms with van der Waals surface area (Å²) >= 11 is 0. The van der Waals surface area contributed by atoms with Gasteiger partial charge in [-0.2, -0.15) is 0 Å². The predicted octanol–water partition coefficient (Wildman–Crippen LogP) is 12.0. The van der Waals surface area contributed by atoms with Crippen molar-refractivity contribution in [2.75, 3.05) is 0 Å². The van der Waals surface area contributed by atoms with Crippen LogP contribution in [0.5, 0.6) is 11.5 Å². The normalized spacial score (nSPS) is 20.2. The minimum atomic E-state index is -0.955. The Morgan fingerprint density at radius 2 is 0.930 bits per heavy atom. The molecule has 198 valence electrons. The molecule has 9 aromatic rings. The molecule has 1 aliphatic heterocycles. The SMILES string of the molecule is [2H]c1c([2H])c(-c2c([2H])c([2H])c([2H])c3c([2H])c(-c4c([2H])c([2H])c5c([2H])c([2H])c6c([2H])c([2H])c([2H])c7c([2H])c([2H])c4c5c67)c([2H])c([2H])c23)c([2H])c2c1Oc1c([2H])c([2H])c([2H])c3c([2H])c([2H])c([2H])c-2c13. The van der Waals surface area contributed by atoms with Crippen molar-refractivity contribution in [3.8, 4) is 44.9 Å². The molecule has 0 aromatic heterocycles. The van der Waals surface area contributed by atoms with E-state index < -0.39 is 211 Å². The number of hydrogen-bond donors (Lipinski definition) is 0. The quantitative estimate of drug-likeness (QED) is 0.188. The van der Waals surface area contributed by atoms with Crippen LogP contribution in [0.3, 0.4) is 0 Å². The van der Waals surface area contributed by atoms with Crippen molar-refractivity contribution in [2.24, 2.45) is 0 Å². The van der Waals surface area contributed by atoms with Gasteiger partial charge in [0, 0.05) is 10.9 Å². The lowest BCUT2D eigenvalue weighted by Gasteiger charge is -2.22. The standard InChI is InChI=1S/C42H24O/c1-5-26-13-14-28-15-19-34(36-21-16-27(6-1)40(26)42(28)36)30-17-20-33-29(23-30)9-3-10-32(33)31-18-22-38-37(24-31)35-11-2-7-25-8-4-12-39(43-38)41(25)35/h1-24H/i1D,2D,3D,4D,5D,6D,7D,8D,9D,10D,11D,12D,13D,14D,15D,16D,17D,18D,19D,20D,21D,22D,23D,24D. The summed E-state index contributed by atoms with van der Waals surface area (Å²) in [5.74, 6) is -1.09. The highest BCUT2D eigenvalue weighted by molar-refractivity contribution is 6.25. The topological polar surface area (TPSA) is 9.23 Å². The Morgan fingerprint density at radius 1 is 0.349 bits per heavy atom. The first-order valence-electron chi connectivity index (χ1n) is 24.9. The Hall–Kier alpha value is -5.66. The lowest BCUT2D eigenvalue weighted by atomic mass is 9.88. The van der Waals surface area contributed by atoms with Gasteiger partial charge in [-0.15, -0.1) is 0 Å². The van der Waals surface area contributed by atoms with Crippen LogP contribution in [-0.4, -0.2) is 0 Å². The molecule has 0 radical (unpaired) electrons. The molecule has 0 N–H and O–H groups in total. The maximum Gasteiger partial charge on any atom is 0.135 e. The van der Waals surface area contributed by atoms with Crippen molar-refractivity contribution in [3.05, 3.63) is 145 Å². The molecule has 0 aliphatic carbocycles. The van der Waals surface area contributed by atoms with E-state index in [1.165, 1.54) is 0 Å². The zero-order valence-corrected chi connectivity index (χ0v) is 21.4. The highest BCUT2D eigenvalue weighted by Gasteiger charge is 2.21. The lowest BCUT2D eigenvalue weighted by molar-refractivity contribution is 0.487. The largest absolute Gasteiger partial charge is 0.456 e. The summed E-state index contributed by atoms with van der Waals surface area (Å²) in [5, 5.41) is -4.09. The monoisotopic (exact) mass is 568 g/mol. The summed E-state index contributed by atoms with van der Waals surface area (Å²) < 4.78 is 221. The molecule has 1 nitrogen and oxygen atoms in total. The fraction of sp³-hybridized carbons (Fsp3) is 0. The van der Waals surface area contributed by atoms with Gasteiger partial charge in [0.25, 0.3) is 0 Å². The summed E-state index contributed by atoms with van der Waals surface area (Å²) in [6.45, 7) is 0. The maximum absolute atomic E-state index is 9.63. The van der Waals surface area contributed by atoms with Gasteiger partial charge in [0.15, 0.2) is 0 Å². The Bertz CT molecular complexity index is 3900. The molecular weight excluding hydrogens is 520 g/mol. The van der Waals surface area contributed by atoms with E-state index >= 15 is 0 Å². The van der Waals surface area contributed by atoms with Gasteiger partial charge in [-0.05, 0) is 100 Å². The summed E-state index contributed by atoms with van der Waals surface area (Å²) in [6.07, 6.45) is 0. The number of fused-ring (bicyclic) bond motifs is 3. The minimum absolute atomic E-state index is 0.231. The minimum Gasteiger partial charge on any atom is -0.456 e. The summed E-state index contributed by atoms with van der Waals surface area (Å²) in [4.78, 5) is 0. The molecular formula is C42H24O. The van der Waals surface area contributed by atoms with E-state index in [2.05, 4.69) is 0 Å². The van der Waals surface area contributed by atoms with Crippen LogP contribution in [0, 0.1) is 0 Å². The van der Waals surface area contributed by atoms with Gasteiger partial charge in [-0.3, -0.25) is 0 Å². The van der Waals surface area contributed by atoms with E-state index in [1.54, 1.807) is 0 Å². The van der Waals surface area contributed by atoms with E-state index in [0.717, 1.165) is 0 Å². The highest BCUT2D eigenvalue weighted by Crippen LogP contribution is 2.48. The molecule has 0 fully saturated rings. The second-order valence-electron chi connectivity index (χ2n) is 9.76. The number of ether oxygens (including phenoxy) is 1. The van der Waals surface area contributed by atoms with E-state index in [0.29, 0.717) is 0 Å². The van der Waals surface area contributed by atoms with Gasteiger partial charge >= 0.3 is 0 Å². The summed E-state index contributed by atoms with van der Waals surface area (Å²) in [5.41, 5.74) is -3.57. The number of benzene rings is 9. The van der Waals surface area contributed by atoms with E-state index in [4.69, 9.17) is 28.0 Å². The third kappa shape index (κ3) is 3.22. The number of hydrogen-bond acceptors (Lipinski definition) is 1. The zero-order chi connectivity index (χ0) is 49.0. The molecule has 0 saturated heterocycles. The number of rotatable bonds is 2. The van der Waals surface area contributed by atoms with Crippen LogP contribution in [0.25, 0.3) is 87.2 Å². The van der Waals surface area contributed by atoms with Gasteiger partial charge in [0.2, 0.25) is 0 Å². The Labute approximate surface area is 282 Å². The molecule has 1 aliphatic rings. The van der Waals surface area contributed by atoms with E-state index in [-0.39, 0.29) is 32.3 Å². The smallest absolute Gasteiger partial charge is 0.135 e. The summed E-state index contributed by atoms with van der Waals surface area (Å²) in [7, 11) is 0. The molecule has 0 amide bonds. The van der Waals surface area contributed by atoms with Crippen molar-refractivity contribution in [3.63, 3.8) is 0 Å². The average molecular weight is 569 g/mol. The molecule has 1 heterocycles. The van der Waals surface area contributed by atoms with Crippen LogP contribution in [0.4, 0.5) is 0 Å². The molecule has 0 saturated carbocycles. The van der Waals surface area contributed by atoms with Crippen LogP contribution >= 0.6 is 0 Å². The Balaban J connectivity index is 1.38. The maximum atomic E-state index is 9.63. The van der Waals surface area contributed by atoms with Crippen LogP contribution in [0.1, 0.15) is 32.9 Å². The van der Waals surface area contributed by atoms with Crippen LogP contribution in [0.2, 0.25) is 0 Å². The van der Waals surface area contributed by atoms with Crippen molar-refractivity contribution in [2.45, 2.75) is 0 Å². The zero-order valence-electron chi connectivity index (χ0n) is 45.4. The average Bonchev–Trinajstić information content (AvgIpc) is 3.29. The molecule has 0 atom stereocenters. The molecule has 9 aromatic carbocycles. The first-order valence-corrected chi connectivity index (χ1v) is 12.9. The fourth-order valence-electron chi connectivity index (χ4n) is 5.55. The first kappa shape index (κ1) is 9.97. The van der Waals surface area contributed by atoms with E-state index in [9.17, 15) is 9.60 Å². The molecule has 0 spiro atoms. The fourth-order valence-corrected chi connectivity index (χ4v) is 5.55. The van der Waals surface area contributed by atoms with Crippen molar-refractivity contribution in [1.29, 1.82) is 0 Å². The third-order valence-corrected chi connectivity index (χ3v) is 7.45. The molecule has 43 heavy (non-hydrogen) atoms. The van der Waals surface area contributed by atoms with Crippen molar-refractivity contribution >= 4 is 53.9 Å². The Kier molecular flexibility index (Phi) is 1.96. The van der Waals surface area contributed by atoms with Gasteiger partial charge in [-0.25, -0.2) is 0 Å². The van der Waals surface area contributed by atoms with Crippen LogP contribution < -0.4 is 4.74 Å². The first-order chi connectivity index (χ1) is 31.3. The lowest BCUT2D eigenvalue weighted by Crippen LogP contribution is -1.97. The Morgan fingerprint density at radius 3 is 1.79 bits per heavy atom. The van der Waals surface area contributed by atoms with Gasteiger partial charge in [0.05, 0.1) is 32.9 Å². The van der Waals surface area contributed by atoms with E-state index in [1.807, 2.05) is 0 Å². The molecule has 10 rings (SSSR count). The summed E-state index contributed by atoms with van der Waals surface area (Å²) in [6, 6.07) is -18.9. The predicted molar refractivity (Wildman–Crippen MR) is 182 cm³/mol. The van der Waals surface area contributed by atoms with Crippen molar-refractivity contribution < 1.29 is 37.6 Å². The van der Waals surface area contributed by atoms with Gasteiger partial charge < -0.3 is 4.74 Å².